The van der Waals surface area contributed by atoms with E-state index in [1.807, 2.05) is 78.9 Å². The van der Waals surface area contributed by atoms with Crippen LogP contribution in [0.4, 0.5) is 0 Å². The number of benzene rings is 3. The fourth-order valence-electron chi connectivity index (χ4n) is 2.27. The lowest BCUT2D eigenvalue weighted by Gasteiger charge is -2.19. The van der Waals surface area contributed by atoms with Crippen molar-refractivity contribution in [3.63, 3.8) is 0 Å². The van der Waals surface area contributed by atoms with E-state index in [0.29, 0.717) is 16.2 Å². The lowest BCUT2D eigenvalue weighted by molar-refractivity contribution is 0.108. The van der Waals surface area contributed by atoms with Crippen LogP contribution >= 0.6 is 19.2 Å². The summed E-state index contributed by atoms with van der Waals surface area (Å²) in [7, 11) is -3.11. The highest BCUT2D eigenvalue weighted by Crippen LogP contribution is 2.41. The molecule has 0 saturated heterocycles. The number of carbonyl (C=O) groups excluding carboxylic acids is 1. The first-order valence-corrected chi connectivity index (χ1v) is 9.97. The van der Waals surface area contributed by atoms with Gasteiger partial charge in [-0.15, -0.1) is 0 Å². The predicted molar refractivity (Wildman–Crippen MR) is 101 cm³/mol. The number of carbonyl (C=O) groups is 1. The smallest absolute Gasteiger partial charge is 0.234 e. The van der Waals surface area contributed by atoms with Crippen molar-refractivity contribution in [2.24, 2.45) is 0 Å². The molecule has 0 bridgehead atoms. The van der Waals surface area contributed by atoms with Crippen LogP contribution in [0.15, 0.2) is 91.0 Å². The minimum atomic E-state index is -3.11. The van der Waals surface area contributed by atoms with Crippen LogP contribution in [0.25, 0.3) is 0 Å². The molecule has 0 heterocycles. The first kappa shape index (κ1) is 16.7. The Morgan fingerprint density at radius 1 is 0.708 bits per heavy atom. The molecule has 0 unspecified atom stereocenters. The zero-order valence-corrected chi connectivity index (χ0v) is 14.5. The Morgan fingerprint density at radius 3 is 1.58 bits per heavy atom. The first-order valence-electron chi connectivity index (χ1n) is 7.45. The van der Waals surface area contributed by atoms with Crippen LogP contribution < -0.4 is 15.1 Å². The van der Waals surface area contributed by atoms with Crippen molar-refractivity contribution in [1.29, 1.82) is 0 Å². The van der Waals surface area contributed by atoms with Crippen molar-refractivity contribution in [3.05, 3.63) is 96.6 Å². The van der Waals surface area contributed by atoms with Crippen molar-refractivity contribution >= 4 is 35.0 Å². The average molecular weight is 353 g/mol. The van der Waals surface area contributed by atoms with E-state index in [1.165, 1.54) is 0 Å². The molecular formula is C19H16NO2PS. The zero-order chi connectivity index (χ0) is 16.8. The maximum absolute atomic E-state index is 13.7. The van der Waals surface area contributed by atoms with Gasteiger partial charge in [0.2, 0.25) is 12.4 Å². The number of hydrogen-bond donors (Lipinski definition) is 1. The summed E-state index contributed by atoms with van der Waals surface area (Å²) >= 11 is 0.874. The van der Waals surface area contributed by atoms with E-state index in [2.05, 4.69) is 4.49 Å². The molecule has 24 heavy (non-hydrogen) atoms. The van der Waals surface area contributed by atoms with Gasteiger partial charge in [0, 0.05) is 28.1 Å². The minimum Gasteiger partial charge on any atom is -0.296 e. The monoisotopic (exact) mass is 353 g/mol. The normalized spacial score (nSPS) is 11.2. The fraction of sp³-hybridized carbons (Fsp3) is 0. The maximum atomic E-state index is 13.7. The molecule has 0 atom stereocenters. The molecule has 0 aliphatic heterocycles. The van der Waals surface area contributed by atoms with Crippen molar-refractivity contribution in [2.75, 3.05) is 0 Å². The Kier molecular flexibility index (Phi) is 5.31. The molecule has 0 saturated carbocycles. The lowest BCUT2D eigenvalue weighted by Crippen LogP contribution is -2.24. The van der Waals surface area contributed by atoms with Gasteiger partial charge in [-0.3, -0.25) is 9.36 Å². The molecule has 0 fully saturated rings. The SMILES string of the molecule is O=C(SNP(=O)(c1ccccc1)c1ccccc1)c1ccccc1. The third kappa shape index (κ3) is 3.68. The standard InChI is InChI=1S/C19H16NO2PS/c21-19(16-10-4-1-5-11-16)24-20-23(22,17-12-6-2-7-13-17)18-14-8-3-9-15-18/h1-15H,(H,20,22). The van der Waals surface area contributed by atoms with E-state index in [9.17, 15) is 9.36 Å². The van der Waals surface area contributed by atoms with Crippen LogP contribution in [0.2, 0.25) is 0 Å². The topological polar surface area (TPSA) is 46.2 Å². The zero-order valence-electron chi connectivity index (χ0n) is 12.8. The highest BCUT2D eigenvalue weighted by molar-refractivity contribution is 8.17. The van der Waals surface area contributed by atoms with Gasteiger partial charge in [-0.2, -0.15) is 4.49 Å². The summed E-state index contributed by atoms with van der Waals surface area (Å²) in [5, 5.41) is 1.18. The van der Waals surface area contributed by atoms with Crippen molar-refractivity contribution in [3.8, 4) is 0 Å². The average Bonchev–Trinajstić information content (AvgIpc) is 2.68. The van der Waals surface area contributed by atoms with Crippen LogP contribution in [0.1, 0.15) is 10.4 Å². The molecule has 0 spiro atoms. The molecule has 0 aliphatic rings. The van der Waals surface area contributed by atoms with Gasteiger partial charge >= 0.3 is 0 Å². The Bertz CT molecular complexity index is 811. The fourth-order valence-corrected chi connectivity index (χ4v) is 5.69. The Balaban J connectivity index is 1.89. The molecular weight excluding hydrogens is 337 g/mol. The lowest BCUT2D eigenvalue weighted by atomic mass is 10.2. The first-order chi connectivity index (χ1) is 11.7. The van der Waals surface area contributed by atoms with Gasteiger partial charge in [0.1, 0.15) is 0 Å². The molecule has 3 rings (SSSR count). The Labute approximate surface area is 145 Å². The molecule has 0 amide bonds. The van der Waals surface area contributed by atoms with E-state index >= 15 is 0 Å². The molecule has 3 nitrogen and oxygen atoms in total. The van der Waals surface area contributed by atoms with Crippen molar-refractivity contribution in [1.82, 2.24) is 4.49 Å². The molecule has 0 radical (unpaired) electrons. The van der Waals surface area contributed by atoms with Gasteiger partial charge in [-0.1, -0.05) is 66.7 Å². The van der Waals surface area contributed by atoms with Crippen molar-refractivity contribution in [2.45, 2.75) is 0 Å². The second-order valence-electron chi connectivity index (χ2n) is 5.13. The highest BCUT2D eigenvalue weighted by atomic mass is 32.2. The molecule has 0 aromatic heterocycles. The molecule has 3 aromatic rings. The van der Waals surface area contributed by atoms with Gasteiger partial charge in [0.25, 0.3) is 0 Å². The largest absolute Gasteiger partial charge is 0.296 e. The number of rotatable bonds is 5. The van der Waals surface area contributed by atoms with E-state index in [-0.39, 0.29) is 5.12 Å². The van der Waals surface area contributed by atoms with E-state index in [0.717, 1.165) is 11.9 Å². The maximum Gasteiger partial charge on any atom is 0.234 e. The summed E-state index contributed by atoms with van der Waals surface area (Å²) in [5.41, 5.74) is 0.572. The van der Waals surface area contributed by atoms with Crippen LogP contribution in [0, 0.1) is 0 Å². The second-order valence-corrected chi connectivity index (χ2v) is 8.68. The summed E-state index contributed by atoms with van der Waals surface area (Å²) in [6.45, 7) is 0. The van der Waals surface area contributed by atoms with Crippen molar-refractivity contribution < 1.29 is 9.36 Å². The third-order valence-corrected chi connectivity index (χ3v) is 7.38. The molecule has 1 N–H and O–H groups in total. The summed E-state index contributed by atoms with van der Waals surface area (Å²) in [5.74, 6) is 0. The van der Waals surface area contributed by atoms with Gasteiger partial charge < -0.3 is 0 Å². The molecule has 5 heteroatoms. The molecule has 120 valence electrons. The minimum absolute atomic E-state index is 0.164. The quantitative estimate of drug-likeness (QED) is 0.556. The summed E-state index contributed by atoms with van der Waals surface area (Å²) in [4.78, 5) is 12.3. The summed E-state index contributed by atoms with van der Waals surface area (Å²) in [6, 6.07) is 27.3. The van der Waals surface area contributed by atoms with Crippen LogP contribution in [0.5, 0.6) is 0 Å². The summed E-state index contributed by atoms with van der Waals surface area (Å²) in [6.07, 6.45) is 0. The van der Waals surface area contributed by atoms with Crippen LogP contribution in [-0.4, -0.2) is 5.12 Å². The van der Waals surface area contributed by atoms with Gasteiger partial charge in [-0.05, 0) is 24.3 Å². The Hall–Kier alpha value is -2.13. The Morgan fingerprint density at radius 2 is 1.12 bits per heavy atom. The van der Waals surface area contributed by atoms with Gasteiger partial charge in [-0.25, -0.2) is 0 Å². The van der Waals surface area contributed by atoms with E-state index in [1.54, 1.807) is 12.1 Å². The third-order valence-electron chi connectivity index (χ3n) is 3.52. The van der Waals surface area contributed by atoms with Crippen LogP contribution in [0.3, 0.4) is 0 Å². The number of nitrogens with one attached hydrogen (secondary N) is 1. The van der Waals surface area contributed by atoms with Gasteiger partial charge in [0.05, 0.1) is 0 Å². The number of hydrogen-bond acceptors (Lipinski definition) is 3. The molecule has 3 aromatic carbocycles. The highest BCUT2D eigenvalue weighted by Gasteiger charge is 2.28. The van der Waals surface area contributed by atoms with E-state index in [4.69, 9.17) is 0 Å². The molecule has 0 aliphatic carbocycles. The second kappa shape index (κ2) is 7.63. The van der Waals surface area contributed by atoms with Gasteiger partial charge in [0.15, 0.2) is 0 Å². The van der Waals surface area contributed by atoms with Crippen LogP contribution in [-0.2, 0) is 4.57 Å². The predicted octanol–water partition coefficient (Wildman–Crippen LogP) is 3.99. The van der Waals surface area contributed by atoms with E-state index < -0.39 is 7.29 Å². The summed E-state index contributed by atoms with van der Waals surface area (Å²) < 4.78 is 16.6.